The number of rotatable bonds is 5. The second-order valence-electron chi connectivity index (χ2n) is 9.89. The Kier molecular flexibility index (Phi) is 7.65. The number of hydrogen-bond acceptors (Lipinski definition) is 5. The zero-order chi connectivity index (χ0) is 27.6. The Bertz CT molecular complexity index is 1550. The van der Waals surface area contributed by atoms with Crippen LogP contribution in [0.2, 0.25) is 5.02 Å². The van der Waals surface area contributed by atoms with Gasteiger partial charge in [0.2, 0.25) is 11.8 Å². The van der Waals surface area contributed by atoms with E-state index in [9.17, 15) is 9.59 Å². The zero-order valence-electron chi connectivity index (χ0n) is 22.1. The first-order valence-electron chi connectivity index (χ1n) is 13.3. The predicted molar refractivity (Wildman–Crippen MR) is 159 cm³/mol. The maximum absolute atomic E-state index is 13.9. The number of para-hydroxylation sites is 1. The molecule has 0 unspecified atom stereocenters. The second kappa shape index (κ2) is 11.5. The fourth-order valence-corrected chi connectivity index (χ4v) is 6.67. The molecule has 1 aromatic heterocycles. The van der Waals surface area contributed by atoms with Crippen molar-refractivity contribution in [3.63, 3.8) is 0 Å². The molecule has 2 amide bonds. The molecule has 0 aliphatic carbocycles. The molecule has 0 spiro atoms. The molecule has 204 valence electrons. The fourth-order valence-electron chi connectivity index (χ4n) is 5.26. The Morgan fingerprint density at radius 2 is 1.77 bits per heavy atom. The molecule has 3 aromatic carbocycles. The number of nitrogens with zero attached hydrogens (tertiary/aromatic N) is 4. The van der Waals surface area contributed by atoms with Gasteiger partial charge in [-0.2, -0.15) is 5.10 Å². The van der Waals surface area contributed by atoms with Crippen LogP contribution in [0.3, 0.4) is 0 Å². The van der Waals surface area contributed by atoms with Crippen LogP contribution in [-0.4, -0.2) is 65.1 Å². The van der Waals surface area contributed by atoms with Crippen LogP contribution in [0.15, 0.2) is 78.9 Å². The predicted octanol–water partition coefficient (Wildman–Crippen LogP) is 5.53. The first-order chi connectivity index (χ1) is 19.5. The molecule has 3 heterocycles. The molecule has 2 aliphatic rings. The van der Waals surface area contributed by atoms with Crippen LogP contribution in [0.5, 0.6) is 0 Å². The number of aryl methyl sites for hydroxylation is 1. The number of benzene rings is 3. The normalized spacial score (nSPS) is 17.4. The van der Waals surface area contributed by atoms with E-state index in [4.69, 9.17) is 21.4 Å². The van der Waals surface area contributed by atoms with Gasteiger partial charge < -0.3 is 9.64 Å². The number of anilines is 1. The van der Waals surface area contributed by atoms with Gasteiger partial charge in [0.25, 0.3) is 0 Å². The third-order valence-corrected chi connectivity index (χ3v) is 8.79. The van der Waals surface area contributed by atoms with E-state index in [0.29, 0.717) is 42.8 Å². The van der Waals surface area contributed by atoms with Crippen molar-refractivity contribution in [2.45, 2.75) is 12.2 Å². The molecule has 0 N–H and O–H groups in total. The van der Waals surface area contributed by atoms with Crippen LogP contribution in [0, 0.1) is 6.92 Å². The molecule has 40 heavy (non-hydrogen) atoms. The maximum Gasteiger partial charge on any atom is 0.242 e. The molecular formula is C31H29ClN4O3S. The van der Waals surface area contributed by atoms with Gasteiger partial charge >= 0.3 is 0 Å². The summed E-state index contributed by atoms with van der Waals surface area (Å²) in [7, 11) is 0. The highest BCUT2D eigenvalue weighted by atomic mass is 35.5. The molecule has 1 saturated heterocycles. The van der Waals surface area contributed by atoms with Crippen molar-refractivity contribution in [1.29, 1.82) is 0 Å². The third kappa shape index (κ3) is 5.14. The topological polar surface area (TPSA) is 67.7 Å². The summed E-state index contributed by atoms with van der Waals surface area (Å²) in [6.07, 6.45) is 0. The van der Waals surface area contributed by atoms with E-state index in [1.54, 1.807) is 26.2 Å². The Labute approximate surface area is 242 Å². The zero-order valence-corrected chi connectivity index (χ0v) is 23.7. The average molecular weight is 573 g/mol. The van der Waals surface area contributed by atoms with Crippen molar-refractivity contribution in [2.75, 3.05) is 43.5 Å². The van der Waals surface area contributed by atoms with Crippen molar-refractivity contribution < 1.29 is 14.3 Å². The summed E-state index contributed by atoms with van der Waals surface area (Å²) in [4.78, 5) is 30.8. The van der Waals surface area contributed by atoms with E-state index >= 15 is 0 Å². The van der Waals surface area contributed by atoms with Crippen molar-refractivity contribution in [2.24, 2.45) is 0 Å². The van der Waals surface area contributed by atoms with Gasteiger partial charge in [0.1, 0.15) is 12.4 Å². The molecule has 0 radical (unpaired) electrons. The number of halogens is 1. The lowest BCUT2D eigenvalue weighted by atomic mass is 9.98. The minimum Gasteiger partial charge on any atom is -0.378 e. The van der Waals surface area contributed by atoms with Gasteiger partial charge in [-0.3, -0.25) is 14.5 Å². The summed E-state index contributed by atoms with van der Waals surface area (Å²) >= 11 is 8.29. The molecular weight excluding hydrogens is 544 g/mol. The third-order valence-electron chi connectivity index (χ3n) is 7.22. The maximum atomic E-state index is 13.9. The number of thioether (sulfide) groups is 1. The van der Waals surface area contributed by atoms with Crippen LogP contribution in [-0.2, 0) is 14.3 Å². The Hall–Kier alpha value is -3.59. The van der Waals surface area contributed by atoms with Gasteiger partial charge in [-0.15, -0.1) is 11.8 Å². The minimum absolute atomic E-state index is 0.0860. The van der Waals surface area contributed by atoms with E-state index < -0.39 is 0 Å². The summed E-state index contributed by atoms with van der Waals surface area (Å²) in [5.41, 5.74) is 5.44. The fraction of sp³-hybridized carbons (Fsp3) is 0.258. The van der Waals surface area contributed by atoms with Gasteiger partial charge in [-0.1, -0.05) is 83.9 Å². The highest BCUT2D eigenvalue weighted by Crippen LogP contribution is 2.49. The van der Waals surface area contributed by atoms with Crippen LogP contribution in [0.25, 0.3) is 16.9 Å². The Morgan fingerprint density at radius 1 is 1.02 bits per heavy atom. The average Bonchev–Trinajstić information content (AvgIpc) is 3.30. The number of carbonyl (C=O) groups excluding carboxylic acids is 2. The first kappa shape index (κ1) is 26.6. The largest absolute Gasteiger partial charge is 0.378 e. The number of morpholine rings is 1. The summed E-state index contributed by atoms with van der Waals surface area (Å²) in [5, 5.41) is 5.43. The van der Waals surface area contributed by atoms with Crippen molar-refractivity contribution >= 4 is 41.0 Å². The number of amides is 2. The van der Waals surface area contributed by atoms with Crippen LogP contribution < -0.4 is 4.90 Å². The highest BCUT2D eigenvalue weighted by Gasteiger charge is 2.38. The van der Waals surface area contributed by atoms with Crippen LogP contribution in [0.4, 0.5) is 5.82 Å². The Balaban J connectivity index is 1.60. The smallest absolute Gasteiger partial charge is 0.242 e. The van der Waals surface area contributed by atoms with Crippen LogP contribution >= 0.6 is 23.4 Å². The summed E-state index contributed by atoms with van der Waals surface area (Å²) < 4.78 is 7.19. The number of hydrogen-bond donors (Lipinski definition) is 0. The van der Waals surface area contributed by atoms with Gasteiger partial charge in [0, 0.05) is 24.2 Å². The van der Waals surface area contributed by atoms with Crippen LogP contribution in [0.1, 0.15) is 21.9 Å². The molecule has 4 aromatic rings. The number of ether oxygens (including phenoxy) is 1. The summed E-state index contributed by atoms with van der Waals surface area (Å²) in [6, 6.07) is 25.8. The molecule has 6 rings (SSSR count). The van der Waals surface area contributed by atoms with Gasteiger partial charge in [-0.05, 0) is 24.6 Å². The quantitative estimate of drug-likeness (QED) is 0.315. The number of fused-ring (bicyclic) bond motifs is 1. The van der Waals surface area contributed by atoms with Crippen molar-refractivity contribution in [3.8, 4) is 16.9 Å². The molecule has 0 bridgehead atoms. The highest BCUT2D eigenvalue weighted by molar-refractivity contribution is 8.00. The molecule has 0 saturated carbocycles. The van der Waals surface area contributed by atoms with E-state index in [1.165, 1.54) is 0 Å². The number of aromatic nitrogens is 2. The SMILES string of the molecule is Cc1cccc([C@H]2SCC(=O)N(CC(=O)N3CCOCC3)c3c2c(-c2ccccc2)nn3-c2ccccc2Cl)c1. The standard InChI is InChI=1S/C31H29ClN4O3S/c1-21-8-7-11-23(18-21)30-28-29(22-9-3-2-4-10-22)33-36(25-13-6-5-12-24(25)32)31(28)35(27(38)20-40-30)19-26(37)34-14-16-39-17-15-34/h2-13,18,30H,14-17,19-20H2,1H3/t30-/m1/s1. The van der Waals surface area contributed by atoms with Gasteiger partial charge in [0.15, 0.2) is 0 Å². The van der Waals surface area contributed by atoms with E-state index in [-0.39, 0.29) is 29.4 Å². The summed E-state index contributed by atoms with van der Waals surface area (Å²) in [6.45, 7) is 3.98. The number of carbonyl (C=O) groups is 2. The van der Waals surface area contributed by atoms with Crippen molar-refractivity contribution in [3.05, 3.63) is 101 Å². The van der Waals surface area contributed by atoms with E-state index in [1.807, 2.05) is 60.7 Å². The van der Waals surface area contributed by atoms with E-state index in [2.05, 4.69) is 25.1 Å². The van der Waals surface area contributed by atoms with Gasteiger partial charge in [-0.25, -0.2) is 4.68 Å². The molecule has 7 nitrogen and oxygen atoms in total. The van der Waals surface area contributed by atoms with Gasteiger partial charge in [0.05, 0.1) is 40.6 Å². The Morgan fingerprint density at radius 3 is 2.52 bits per heavy atom. The molecule has 1 fully saturated rings. The molecule has 2 aliphatic heterocycles. The van der Waals surface area contributed by atoms with E-state index in [0.717, 1.165) is 27.9 Å². The monoisotopic (exact) mass is 572 g/mol. The molecule has 9 heteroatoms. The summed E-state index contributed by atoms with van der Waals surface area (Å²) in [5.74, 6) is 0.543. The first-order valence-corrected chi connectivity index (χ1v) is 14.7. The van der Waals surface area contributed by atoms with Crippen molar-refractivity contribution in [1.82, 2.24) is 14.7 Å². The second-order valence-corrected chi connectivity index (χ2v) is 11.4. The lowest BCUT2D eigenvalue weighted by molar-refractivity contribution is -0.134. The minimum atomic E-state index is -0.186. The molecule has 1 atom stereocenters. The lowest BCUT2D eigenvalue weighted by Gasteiger charge is -2.30. The lowest BCUT2D eigenvalue weighted by Crippen LogP contribution is -2.48.